The number of nitrogens with one attached hydrogen (secondary N) is 1. The summed E-state index contributed by atoms with van der Waals surface area (Å²) < 4.78 is 28.2. The van der Waals surface area contributed by atoms with Gasteiger partial charge in [0, 0.05) is 18.3 Å². The summed E-state index contributed by atoms with van der Waals surface area (Å²) in [5.41, 5.74) is 0. The van der Waals surface area contributed by atoms with Gasteiger partial charge in [0.15, 0.2) is 0 Å². The third-order valence-electron chi connectivity index (χ3n) is 5.22. The van der Waals surface area contributed by atoms with Crippen molar-refractivity contribution in [3.8, 4) is 0 Å². The lowest BCUT2D eigenvalue weighted by Crippen LogP contribution is -2.30. The number of Topliss-reactive ketones (excluding diaryl/α,β-unsaturated/α-hetero) is 1. The van der Waals surface area contributed by atoms with Gasteiger partial charge in [0.2, 0.25) is 10.0 Å². The zero-order valence-electron chi connectivity index (χ0n) is 18.5. The number of unbranched alkanes of at least 4 members (excludes halogenated alkanes) is 4. The molecule has 0 spiro atoms. The highest BCUT2D eigenvalue weighted by atomic mass is 32.2. The zero-order chi connectivity index (χ0) is 23.3. The van der Waals surface area contributed by atoms with Gasteiger partial charge in [-0.1, -0.05) is 50.5 Å². The third-order valence-corrected chi connectivity index (χ3v) is 5.75. The molecule has 0 bridgehead atoms. The number of hydrogen-bond donors (Lipinski definition) is 3. The van der Waals surface area contributed by atoms with Gasteiger partial charge in [0.1, 0.15) is 5.78 Å². The molecule has 178 valence electrons. The molecule has 1 aliphatic rings. The molecule has 1 rings (SSSR count). The molecule has 4 atom stereocenters. The summed E-state index contributed by atoms with van der Waals surface area (Å²) in [4.78, 5) is 23.4. The molecule has 1 aliphatic carbocycles. The van der Waals surface area contributed by atoms with Gasteiger partial charge < -0.3 is 14.9 Å². The number of carbonyl (C=O) groups excluding carboxylic acids is 2. The van der Waals surface area contributed by atoms with Crippen LogP contribution < -0.4 is 4.72 Å². The van der Waals surface area contributed by atoms with Crippen LogP contribution in [0.2, 0.25) is 0 Å². The van der Waals surface area contributed by atoms with Crippen molar-refractivity contribution in [1.29, 1.82) is 0 Å². The standard InChI is InChI=1S/C22H37NO7S/c1-3-4-8-11-17(24)13-14-19-18(20(25)16-21(19)26)12-9-6-5-7-10-15-30-22(27)23-31(2,28)29/h6,9,13-14,17-19,21,24,26H,3-5,7-8,10-12,15-16H2,1-2H3,(H,23,27)/b9-6-,14-13+/t17-,18+,19+,21+/m0/s1. The van der Waals surface area contributed by atoms with Crippen LogP contribution in [0.1, 0.15) is 64.7 Å². The van der Waals surface area contributed by atoms with E-state index >= 15 is 0 Å². The molecule has 9 heteroatoms. The van der Waals surface area contributed by atoms with Gasteiger partial charge in [0.05, 0.1) is 25.1 Å². The van der Waals surface area contributed by atoms with E-state index in [-0.39, 0.29) is 30.6 Å². The molecule has 31 heavy (non-hydrogen) atoms. The Kier molecular flexibility index (Phi) is 12.7. The van der Waals surface area contributed by atoms with Crippen LogP contribution >= 0.6 is 0 Å². The van der Waals surface area contributed by atoms with Crippen molar-refractivity contribution in [2.75, 3.05) is 12.9 Å². The van der Waals surface area contributed by atoms with E-state index in [0.29, 0.717) is 19.3 Å². The molecule has 0 unspecified atom stereocenters. The highest BCUT2D eigenvalue weighted by molar-refractivity contribution is 7.89. The van der Waals surface area contributed by atoms with Gasteiger partial charge in [-0.25, -0.2) is 17.9 Å². The second-order valence-corrected chi connectivity index (χ2v) is 9.83. The molecular formula is C22H37NO7S. The minimum atomic E-state index is -3.61. The number of rotatable bonds is 14. The number of sulfonamides is 1. The molecule has 0 aromatic heterocycles. The van der Waals surface area contributed by atoms with Crippen molar-refractivity contribution in [3.63, 3.8) is 0 Å². The Bertz CT molecular complexity index is 717. The Balaban J connectivity index is 2.33. The van der Waals surface area contributed by atoms with E-state index in [0.717, 1.165) is 38.4 Å². The van der Waals surface area contributed by atoms with Crippen molar-refractivity contribution in [2.24, 2.45) is 11.8 Å². The Hall–Kier alpha value is -1.71. The Morgan fingerprint density at radius 3 is 2.68 bits per heavy atom. The summed E-state index contributed by atoms with van der Waals surface area (Å²) in [6.45, 7) is 2.23. The zero-order valence-corrected chi connectivity index (χ0v) is 19.4. The summed E-state index contributed by atoms with van der Waals surface area (Å²) in [6, 6.07) is 0. The summed E-state index contributed by atoms with van der Waals surface area (Å²) in [7, 11) is -3.61. The molecule has 0 saturated heterocycles. The number of allylic oxidation sites excluding steroid dienone is 2. The predicted octanol–water partition coefficient (Wildman–Crippen LogP) is 2.85. The van der Waals surface area contributed by atoms with Crippen LogP contribution in [0.5, 0.6) is 0 Å². The van der Waals surface area contributed by atoms with E-state index in [1.54, 1.807) is 16.9 Å². The maximum Gasteiger partial charge on any atom is 0.420 e. The summed E-state index contributed by atoms with van der Waals surface area (Å²) in [6.07, 6.45) is 12.6. The van der Waals surface area contributed by atoms with Crippen molar-refractivity contribution in [3.05, 3.63) is 24.3 Å². The van der Waals surface area contributed by atoms with Crippen molar-refractivity contribution in [2.45, 2.75) is 76.9 Å². The Morgan fingerprint density at radius 1 is 1.26 bits per heavy atom. The molecule has 3 N–H and O–H groups in total. The minimum absolute atomic E-state index is 0.0394. The number of aliphatic hydroxyl groups excluding tert-OH is 2. The van der Waals surface area contributed by atoms with Gasteiger partial charge in [-0.15, -0.1) is 0 Å². The van der Waals surface area contributed by atoms with E-state index in [1.807, 2.05) is 12.2 Å². The summed E-state index contributed by atoms with van der Waals surface area (Å²) >= 11 is 0. The SMILES string of the molecule is CCCCC[C@H](O)/C=C/[C@H]1[C@H](O)CC(=O)[C@@H]1C/C=C\CCCCOC(=O)NS(C)(=O)=O. The fourth-order valence-electron chi connectivity index (χ4n) is 3.55. The van der Waals surface area contributed by atoms with E-state index < -0.39 is 28.3 Å². The normalized spacial score (nSPS) is 23.0. The van der Waals surface area contributed by atoms with Gasteiger partial charge in [0.25, 0.3) is 0 Å². The van der Waals surface area contributed by atoms with E-state index in [2.05, 4.69) is 6.92 Å². The molecule has 0 heterocycles. The largest absolute Gasteiger partial charge is 0.449 e. The number of aliphatic hydroxyl groups is 2. The average Bonchev–Trinajstić information content (AvgIpc) is 2.93. The first-order chi connectivity index (χ1) is 14.6. The lowest BCUT2D eigenvalue weighted by molar-refractivity contribution is -0.121. The third kappa shape index (κ3) is 12.0. The fourth-order valence-corrected chi connectivity index (χ4v) is 3.92. The molecule has 0 aliphatic heterocycles. The predicted molar refractivity (Wildman–Crippen MR) is 119 cm³/mol. The van der Waals surface area contributed by atoms with Gasteiger partial charge in [-0.2, -0.15) is 0 Å². The highest BCUT2D eigenvalue weighted by Crippen LogP contribution is 2.33. The average molecular weight is 460 g/mol. The first-order valence-electron chi connectivity index (χ1n) is 11.0. The quantitative estimate of drug-likeness (QED) is 0.269. The van der Waals surface area contributed by atoms with Crippen molar-refractivity contribution in [1.82, 2.24) is 4.72 Å². The van der Waals surface area contributed by atoms with E-state index in [9.17, 15) is 28.2 Å². The smallest absolute Gasteiger partial charge is 0.420 e. The number of ketones is 1. The first-order valence-corrected chi connectivity index (χ1v) is 12.9. The molecular weight excluding hydrogens is 422 g/mol. The molecule has 8 nitrogen and oxygen atoms in total. The Morgan fingerprint density at radius 2 is 2.00 bits per heavy atom. The second kappa shape index (κ2) is 14.4. The monoisotopic (exact) mass is 459 g/mol. The molecule has 0 radical (unpaired) electrons. The van der Waals surface area contributed by atoms with Crippen LogP contribution in [-0.2, 0) is 19.6 Å². The molecule has 0 aromatic carbocycles. The maximum absolute atomic E-state index is 12.2. The number of carbonyl (C=O) groups is 2. The van der Waals surface area contributed by atoms with Crippen molar-refractivity contribution >= 4 is 21.9 Å². The van der Waals surface area contributed by atoms with Crippen LogP contribution in [0.25, 0.3) is 0 Å². The molecule has 1 saturated carbocycles. The van der Waals surface area contributed by atoms with Crippen LogP contribution in [0.4, 0.5) is 4.79 Å². The van der Waals surface area contributed by atoms with Gasteiger partial charge >= 0.3 is 6.09 Å². The van der Waals surface area contributed by atoms with E-state index in [1.165, 1.54) is 0 Å². The summed E-state index contributed by atoms with van der Waals surface area (Å²) in [5.74, 6) is -0.523. The molecule has 0 aromatic rings. The van der Waals surface area contributed by atoms with Crippen LogP contribution in [0.3, 0.4) is 0 Å². The number of amides is 1. The van der Waals surface area contributed by atoms with Gasteiger partial charge in [-0.3, -0.25) is 4.79 Å². The number of ether oxygens (including phenoxy) is 1. The van der Waals surface area contributed by atoms with Crippen LogP contribution in [0, 0.1) is 11.8 Å². The number of hydrogen-bond acceptors (Lipinski definition) is 7. The summed E-state index contributed by atoms with van der Waals surface area (Å²) in [5, 5.41) is 20.3. The minimum Gasteiger partial charge on any atom is -0.449 e. The lowest BCUT2D eigenvalue weighted by Gasteiger charge is -2.16. The fraction of sp³-hybridized carbons (Fsp3) is 0.727. The van der Waals surface area contributed by atoms with Crippen molar-refractivity contribution < 1.29 is 33.0 Å². The van der Waals surface area contributed by atoms with Gasteiger partial charge in [-0.05, 0) is 32.1 Å². The first kappa shape index (κ1) is 27.3. The second-order valence-electron chi connectivity index (χ2n) is 8.08. The molecule has 1 fully saturated rings. The maximum atomic E-state index is 12.2. The van der Waals surface area contributed by atoms with E-state index in [4.69, 9.17) is 4.74 Å². The van der Waals surface area contributed by atoms with Crippen LogP contribution in [0.15, 0.2) is 24.3 Å². The highest BCUT2D eigenvalue weighted by Gasteiger charge is 2.39. The van der Waals surface area contributed by atoms with Crippen LogP contribution in [-0.4, -0.2) is 55.6 Å². The lowest BCUT2D eigenvalue weighted by atomic mass is 9.90. The molecule has 1 amide bonds. The topological polar surface area (TPSA) is 130 Å². The Labute approximate surface area is 185 Å².